The average molecular weight is 403 g/mol. The van der Waals surface area contributed by atoms with E-state index < -0.39 is 17.4 Å². The molecule has 0 saturated heterocycles. The first-order valence-corrected chi connectivity index (χ1v) is 9.42. The summed E-state index contributed by atoms with van der Waals surface area (Å²) in [5, 5.41) is 0.803. The van der Waals surface area contributed by atoms with E-state index in [0.29, 0.717) is 23.3 Å². The number of rotatable bonds is 3. The third-order valence-electron chi connectivity index (χ3n) is 5.17. The Morgan fingerprint density at radius 3 is 2.66 bits per heavy atom. The second kappa shape index (κ2) is 7.13. The highest BCUT2D eigenvalue weighted by atomic mass is 19.4. The van der Waals surface area contributed by atoms with Gasteiger partial charge in [-0.25, -0.2) is 4.79 Å². The van der Waals surface area contributed by atoms with Crippen LogP contribution in [0.5, 0.6) is 5.75 Å². The SMILES string of the molecule is CCCc1cc(=O)oc2c(C)c3c(cc12)CN(c1ccccc1C(F)(F)F)CO3. The van der Waals surface area contributed by atoms with Gasteiger partial charge in [0, 0.05) is 29.1 Å². The number of aryl methyl sites for hydroxylation is 2. The smallest absolute Gasteiger partial charge is 0.418 e. The number of fused-ring (bicyclic) bond motifs is 2. The summed E-state index contributed by atoms with van der Waals surface area (Å²) < 4.78 is 51.6. The Morgan fingerprint density at radius 1 is 1.17 bits per heavy atom. The first kappa shape index (κ1) is 19.4. The van der Waals surface area contributed by atoms with Crippen molar-refractivity contribution in [3.8, 4) is 5.75 Å². The molecule has 0 radical (unpaired) electrons. The fourth-order valence-electron chi connectivity index (χ4n) is 3.90. The molecule has 7 heteroatoms. The maximum atomic E-state index is 13.4. The Labute approximate surface area is 165 Å². The van der Waals surface area contributed by atoms with E-state index >= 15 is 0 Å². The zero-order valence-electron chi connectivity index (χ0n) is 16.1. The van der Waals surface area contributed by atoms with E-state index in [2.05, 4.69) is 0 Å². The molecule has 1 aliphatic heterocycles. The molecule has 0 unspecified atom stereocenters. The van der Waals surface area contributed by atoms with Crippen LogP contribution in [-0.2, 0) is 19.1 Å². The van der Waals surface area contributed by atoms with E-state index in [9.17, 15) is 18.0 Å². The molecule has 152 valence electrons. The Morgan fingerprint density at radius 2 is 1.93 bits per heavy atom. The largest absolute Gasteiger partial charge is 0.472 e. The molecule has 3 aromatic rings. The minimum Gasteiger partial charge on any atom is -0.472 e. The van der Waals surface area contributed by atoms with Crippen LogP contribution < -0.4 is 15.3 Å². The van der Waals surface area contributed by atoms with Gasteiger partial charge in [0.15, 0.2) is 6.73 Å². The molecule has 0 amide bonds. The standard InChI is InChI=1S/C22H20F3NO3/c1-3-6-14-10-19(27)29-21-13(2)20-15(9-16(14)21)11-26(12-28-20)18-8-5-4-7-17(18)22(23,24)25/h4-5,7-10H,3,6,11-12H2,1-2H3. The normalized spacial score (nSPS) is 14.0. The summed E-state index contributed by atoms with van der Waals surface area (Å²) in [5.74, 6) is 0.565. The lowest BCUT2D eigenvalue weighted by Gasteiger charge is -2.33. The van der Waals surface area contributed by atoms with Gasteiger partial charge in [0.2, 0.25) is 0 Å². The van der Waals surface area contributed by atoms with Crippen LogP contribution in [0.1, 0.15) is 35.6 Å². The number of nitrogens with zero attached hydrogens (tertiary/aromatic N) is 1. The molecule has 29 heavy (non-hydrogen) atoms. The van der Waals surface area contributed by atoms with Gasteiger partial charge in [-0.15, -0.1) is 0 Å². The molecule has 4 nitrogen and oxygen atoms in total. The predicted octanol–water partition coefficient (Wildman–Crippen LogP) is 5.43. The van der Waals surface area contributed by atoms with Crippen molar-refractivity contribution < 1.29 is 22.3 Å². The Bertz CT molecular complexity index is 1130. The van der Waals surface area contributed by atoms with Gasteiger partial charge in [-0.3, -0.25) is 0 Å². The molecule has 0 spiro atoms. The number of benzene rings is 2. The molecule has 0 atom stereocenters. The van der Waals surface area contributed by atoms with Crippen LogP contribution in [0.15, 0.2) is 45.6 Å². The number of alkyl halides is 3. The molecule has 0 aliphatic carbocycles. The fourth-order valence-corrected chi connectivity index (χ4v) is 3.90. The maximum Gasteiger partial charge on any atom is 0.418 e. The van der Waals surface area contributed by atoms with Gasteiger partial charge >= 0.3 is 11.8 Å². The van der Waals surface area contributed by atoms with Crippen molar-refractivity contribution in [1.29, 1.82) is 0 Å². The van der Waals surface area contributed by atoms with Crippen molar-refractivity contribution in [2.45, 2.75) is 39.4 Å². The first-order chi connectivity index (χ1) is 13.8. The van der Waals surface area contributed by atoms with Gasteiger partial charge in [0.25, 0.3) is 0 Å². The minimum absolute atomic E-state index is 0.0225. The Kier molecular flexibility index (Phi) is 4.76. The van der Waals surface area contributed by atoms with E-state index in [0.717, 1.165) is 29.0 Å². The predicted molar refractivity (Wildman–Crippen MR) is 104 cm³/mol. The minimum atomic E-state index is -4.45. The highest BCUT2D eigenvalue weighted by molar-refractivity contribution is 5.86. The highest BCUT2D eigenvalue weighted by Crippen LogP contribution is 2.41. The van der Waals surface area contributed by atoms with Crippen LogP contribution >= 0.6 is 0 Å². The molecule has 2 heterocycles. The summed E-state index contributed by atoms with van der Waals surface area (Å²) in [6.45, 7) is 4.07. The number of hydrogen-bond donors (Lipinski definition) is 0. The second-order valence-electron chi connectivity index (χ2n) is 7.19. The second-order valence-corrected chi connectivity index (χ2v) is 7.19. The molecule has 1 aliphatic rings. The number of halogens is 3. The van der Waals surface area contributed by atoms with Gasteiger partial charge < -0.3 is 14.1 Å². The quantitative estimate of drug-likeness (QED) is 0.547. The first-order valence-electron chi connectivity index (χ1n) is 9.42. The number of para-hydroxylation sites is 1. The zero-order valence-corrected chi connectivity index (χ0v) is 16.1. The number of anilines is 1. The van der Waals surface area contributed by atoms with Crippen LogP contribution in [0.25, 0.3) is 11.0 Å². The highest BCUT2D eigenvalue weighted by Gasteiger charge is 2.35. The molecule has 0 bridgehead atoms. The molecule has 0 fully saturated rings. The lowest BCUT2D eigenvalue weighted by molar-refractivity contribution is -0.137. The van der Waals surface area contributed by atoms with Crippen molar-refractivity contribution in [1.82, 2.24) is 0 Å². The van der Waals surface area contributed by atoms with Crippen molar-refractivity contribution in [3.05, 3.63) is 69.1 Å². The van der Waals surface area contributed by atoms with Gasteiger partial charge in [-0.2, -0.15) is 13.2 Å². The monoisotopic (exact) mass is 403 g/mol. The van der Waals surface area contributed by atoms with Gasteiger partial charge in [-0.1, -0.05) is 25.5 Å². The van der Waals surface area contributed by atoms with Crippen LogP contribution in [-0.4, -0.2) is 6.73 Å². The van der Waals surface area contributed by atoms with E-state index in [4.69, 9.17) is 9.15 Å². The van der Waals surface area contributed by atoms with Gasteiger partial charge in [-0.05, 0) is 37.1 Å². The third kappa shape index (κ3) is 3.45. The summed E-state index contributed by atoms with van der Waals surface area (Å²) >= 11 is 0. The average Bonchev–Trinajstić information content (AvgIpc) is 2.68. The van der Waals surface area contributed by atoms with Crippen LogP contribution in [0.3, 0.4) is 0 Å². The molecule has 0 N–H and O–H groups in total. The maximum absolute atomic E-state index is 13.4. The Hall–Kier alpha value is -2.96. The number of hydrogen-bond acceptors (Lipinski definition) is 4. The van der Waals surface area contributed by atoms with Crippen molar-refractivity contribution in [2.24, 2.45) is 0 Å². The Balaban J connectivity index is 1.82. The third-order valence-corrected chi connectivity index (χ3v) is 5.17. The topological polar surface area (TPSA) is 42.7 Å². The summed E-state index contributed by atoms with van der Waals surface area (Å²) in [5.41, 5.74) is 1.78. The van der Waals surface area contributed by atoms with Gasteiger partial charge in [0.1, 0.15) is 11.3 Å². The zero-order chi connectivity index (χ0) is 20.8. The molecule has 0 saturated carbocycles. The lowest BCUT2D eigenvalue weighted by Crippen LogP contribution is -2.33. The molecular formula is C22H20F3NO3. The summed E-state index contributed by atoms with van der Waals surface area (Å²) in [4.78, 5) is 13.5. The van der Waals surface area contributed by atoms with Crippen molar-refractivity contribution in [2.75, 3.05) is 11.6 Å². The molecule has 1 aromatic heterocycles. The van der Waals surface area contributed by atoms with E-state index in [1.54, 1.807) is 17.9 Å². The van der Waals surface area contributed by atoms with E-state index in [-0.39, 0.29) is 19.0 Å². The fraction of sp³-hybridized carbons (Fsp3) is 0.318. The summed E-state index contributed by atoms with van der Waals surface area (Å²) in [6, 6.07) is 8.84. The van der Waals surface area contributed by atoms with Crippen molar-refractivity contribution >= 4 is 16.7 Å². The van der Waals surface area contributed by atoms with E-state index in [1.807, 2.05) is 13.0 Å². The van der Waals surface area contributed by atoms with Crippen LogP contribution in [0.4, 0.5) is 18.9 Å². The molecule has 2 aromatic carbocycles. The van der Waals surface area contributed by atoms with Crippen LogP contribution in [0, 0.1) is 6.92 Å². The van der Waals surface area contributed by atoms with Crippen LogP contribution in [0.2, 0.25) is 0 Å². The molecule has 4 rings (SSSR count). The summed E-state index contributed by atoms with van der Waals surface area (Å²) in [6.07, 6.45) is -2.88. The lowest BCUT2D eigenvalue weighted by atomic mass is 9.98. The molecular weight excluding hydrogens is 383 g/mol. The van der Waals surface area contributed by atoms with E-state index in [1.165, 1.54) is 18.2 Å². The van der Waals surface area contributed by atoms with Gasteiger partial charge in [0.05, 0.1) is 11.3 Å². The van der Waals surface area contributed by atoms with Crippen molar-refractivity contribution in [3.63, 3.8) is 0 Å². The summed E-state index contributed by atoms with van der Waals surface area (Å²) in [7, 11) is 0. The number of ether oxygens (including phenoxy) is 1.